The van der Waals surface area contributed by atoms with Gasteiger partial charge in [0.1, 0.15) is 11.5 Å². The van der Waals surface area contributed by atoms with Crippen molar-refractivity contribution in [3.05, 3.63) is 82.6 Å². The first-order valence-corrected chi connectivity index (χ1v) is 14.0. The number of aromatic hydroxyl groups is 1. The van der Waals surface area contributed by atoms with Gasteiger partial charge in [0.05, 0.1) is 11.1 Å². The van der Waals surface area contributed by atoms with Gasteiger partial charge in [0, 0.05) is 58.0 Å². The standard InChI is InChI=1S/C32H35N3O5/c1-3-35(4-2)24-8-5-22(6-9-24)17-30-31(37)25-10-11-27(36)26(32(25)40-30)20-34-15-13-33(14-16-34)19-23-7-12-28-29(18-23)39-21-38-28/h5-12,17-18,36H,3-4,13-16,19-21H2,1-2H3/b30-17-. The molecular weight excluding hydrogens is 506 g/mol. The molecule has 8 nitrogen and oxygen atoms in total. The van der Waals surface area contributed by atoms with Crippen molar-refractivity contribution in [3.63, 3.8) is 0 Å². The van der Waals surface area contributed by atoms with Gasteiger partial charge in [-0.15, -0.1) is 0 Å². The van der Waals surface area contributed by atoms with Gasteiger partial charge in [-0.25, -0.2) is 0 Å². The van der Waals surface area contributed by atoms with Crippen molar-refractivity contribution in [2.75, 3.05) is 51.0 Å². The molecule has 3 aliphatic heterocycles. The van der Waals surface area contributed by atoms with Gasteiger partial charge in [0.25, 0.3) is 0 Å². The van der Waals surface area contributed by atoms with E-state index in [4.69, 9.17) is 14.2 Å². The van der Waals surface area contributed by atoms with Crippen LogP contribution in [0.5, 0.6) is 23.0 Å². The SMILES string of the molecule is CCN(CC)c1ccc(/C=C2\Oc3c(ccc(O)c3CN3CCN(Cc4ccc5c(c4)OCO5)CC3)C2=O)cc1. The Kier molecular flexibility index (Phi) is 7.36. The Bertz CT molecular complexity index is 1420. The number of phenolic OH excluding ortho intramolecular Hbond substituents is 1. The molecule has 0 aliphatic carbocycles. The fourth-order valence-electron chi connectivity index (χ4n) is 5.60. The molecule has 3 aliphatic rings. The minimum atomic E-state index is -0.155. The average molecular weight is 542 g/mol. The Labute approximate surface area is 235 Å². The van der Waals surface area contributed by atoms with E-state index in [0.29, 0.717) is 23.4 Å². The topological polar surface area (TPSA) is 74.7 Å². The Morgan fingerprint density at radius 3 is 2.30 bits per heavy atom. The molecule has 3 aromatic carbocycles. The van der Waals surface area contributed by atoms with Crippen LogP contribution < -0.4 is 19.1 Å². The molecule has 3 heterocycles. The third-order valence-electron chi connectivity index (χ3n) is 7.93. The molecular formula is C32H35N3O5. The summed E-state index contributed by atoms with van der Waals surface area (Å²) in [6, 6.07) is 17.5. The van der Waals surface area contributed by atoms with E-state index in [0.717, 1.165) is 68.6 Å². The van der Waals surface area contributed by atoms with Crippen molar-refractivity contribution in [2.24, 2.45) is 0 Å². The summed E-state index contributed by atoms with van der Waals surface area (Å²) in [5, 5.41) is 10.7. The molecule has 208 valence electrons. The number of carbonyl (C=O) groups is 1. The van der Waals surface area contributed by atoms with Crippen molar-refractivity contribution in [2.45, 2.75) is 26.9 Å². The van der Waals surface area contributed by atoms with E-state index in [1.54, 1.807) is 18.2 Å². The van der Waals surface area contributed by atoms with E-state index in [2.05, 4.69) is 52.8 Å². The third-order valence-corrected chi connectivity index (χ3v) is 7.93. The number of piperazine rings is 1. The van der Waals surface area contributed by atoms with Crippen LogP contribution in [0.1, 0.15) is 40.9 Å². The zero-order chi connectivity index (χ0) is 27.6. The number of hydrogen-bond donors (Lipinski definition) is 1. The second kappa shape index (κ2) is 11.2. The Morgan fingerprint density at radius 2 is 1.57 bits per heavy atom. The van der Waals surface area contributed by atoms with Gasteiger partial charge in [0.2, 0.25) is 12.6 Å². The van der Waals surface area contributed by atoms with Crippen LogP contribution in [0.25, 0.3) is 6.08 Å². The summed E-state index contributed by atoms with van der Waals surface area (Å²) < 4.78 is 17.0. The summed E-state index contributed by atoms with van der Waals surface area (Å²) in [6.45, 7) is 11.3. The summed E-state index contributed by atoms with van der Waals surface area (Å²) in [5.41, 5.74) is 4.41. The lowest BCUT2D eigenvalue weighted by molar-refractivity contribution is 0.101. The quantitative estimate of drug-likeness (QED) is 0.404. The molecule has 0 spiro atoms. The lowest BCUT2D eigenvalue weighted by Crippen LogP contribution is -2.45. The predicted molar refractivity (Wildman–Crippen MR) is 154 cm³/mol. The maximum atomic E-state index is 13.2. The molecule has 0 unspecified atom stereocenters. The fraction of sp³-hybridized carbons (Fsp3) is 0.344. The minimum Gasteiger partial charge on any atom is -0.507 e. The number of fused-ring (bicyclic) bond motifs is 2. The maximum Gasteiger partial charge on any atom is 0.231 e. The lowest BCUT2D eigenvalue weighted by Gasteiger charge is -2.35. The zero-order valence-corrected chi connectivity index (χ0v) is 23.1. The predicted octanol–water partition coefficient (Wildman–Crippen LogP) is 4.90. The Hall–Kier alpha value is -4.01. The van der Waals surface area contributed by atoms with Gasteiger partial charge < -0.3 is 24.2 Å². The molecule has 1 N–H and O–H groups in total. The molecule has 1 saturated heterocycles. The zero-order valence-electron chi connectivity index (χ0n) is 23.1. The number of benzene rings is 3. The normalized spacial score (nSPS) is 17.8. The molecule has 3 aromatic rings. The molecule has 0 bridgehead atoms. The number of phenols is 1. The number of nitrogens with zero attached hydrogens (tertiary/aromatic N) is 3. The van der Waals surface area contributed by atoms with Crippen LogP contribution in [0, 0.1) is 0 Å². The van der Waals surface area contributed by atoms with Gasteiger partial charge in [-0.1, -0.05) is 18.2 Å². The second-order valence-corrected chi connectivity index (χ2v) is 10.4. The molecule has 8 heteroatoms. The number of Topliss-reactive ketones (excluding diaryl/α,β-unsaturated/α-hetero) is 1. The highest BCUT2D eigenvalue weighted by Gasteiger charge is 2.32. The molecule has 6 rings (SSSR count). The van der Waals surface area contributed by atoms with Gasteiger partial charge in [-0.05, 0) is 67.4 Å². The van der Waals surface area contributed by atoms with Crippen LogP contribution >= 0.6 is 0 Å². The summed E-state index contributed by atoms with van der Waals surface area (Å²) in [5.74, 6) is 2.36. The highest BCUT2D eigenvalue weighted by molar-refractivity contribution is 6.15. The smallest absolute Gasteiger partial charge is 0.231 e. The minimum absolute atomic E-state index is 0.152. The number of rotatable bonds is 8. The number of allylic oxidation sites excluding steroid dienone is 1. The number of carbonyl (C=O) groups excluding carboxylic acids is 1. The van der Waals surface area contributed by atoms with E-state index in [-0.39, 0.29) is 24.1 Å². The fourth-order valence-corrected chi connectivity index (χ4v) is 5.60. The Morgan fingerprint density at radius 1 is 0.875 bits per heavy atom. The first-order valence-electron chi connectivity index (χ1n) is 14.0. The molecule has 1 fully saturated rings. The van der Waals surface area contributed by atoms with Gasteiger partial charge in [0.15, 0.2) is 17.3 Å². The van der Waals surface area contributed by atoms with Crippen LogP contribution in [0.3, 0.4) is 0 Å². The van der Waals surface area contributed by atoms with Crippen molar-refractivity contribution >= 4 is 17.5 Å². The summed E-state index contributed by atoms with van der Waals surface area (Å²) in [7, 11) is 0. The number of ketones is 1. The van der Waals surface area contributed by atoms with E-state index < -0.39 is 0 Å². The van der Waals surface area contributed by atoms with Crippen molar-refractivity contribution in [3.8, 4) is 23.0 Å². The van der Waals surface area contributed by atoms with E-state index >= 15 is 0 Å². The first kappa shape index (κ1) is 26.2. The molecule has 0 atom stereocenters. The van der Waals surface area contributed by atoms with Gasteiger partial charge in [-0.2, -0.15) is 0 Å². The average Bonchev–Trinajstić information content (AvgIpc) is 3.57. The highest BCUT2D eigenvalue weighted by atomic mass is 16.7. The molecule has 0 saturated carbocycles. The summed E-state index contributed by atoms with van der Waals surface area (Å²) >= 11 is 0. The van der Waals surface area contributed by atoms with Crippen LogP contribution in [-0.2, 0) is 13.1 Å². The van der Waals surface area contributed by atoms with Crippen molar-refractivity contribution in [1.82, 2.24) is 9.80 Å². The molecule has 0 aromatic heterocycles. The van der Waals surface area contributed by atoms with Crippen LogP contribution in [0.15, 0.2) is 60.4 Å². The summed E-state index contributed by atoms with van der Waals surface area (Å²) in [4.78, 5) is 20.2. The molecule has 0 amide bonds. The third kappa shape index (κ3) is 5.24. The van der Waals surface area contributed by atoms with Crippen LogP contribution in [0.2, 0.25) is 0 Å². The van der Waals surface area contributed by atoms with Crippen LogP contribution in [0.4, 0.5) is 5.69 Å². The lowest BCUT2D eigenvalue weighted by atomic mass is 10.0. The number of hydrogen-bond acceptors (Lipinski definition) is 8. The number of ether oxygens (including phenoxy) is 3. The monoisotopic (exact) mass is 541 g/mol. The second-order valence-electron chi connectivity index (χ2n) is 10.4. The maximum absolute atomic E-state index is 13.2. The van der Waals surface area contributed by atoms with Gasteiger partial charge in [-0.3, -0.25) is 14.6 Å². The van der Waals surface area contributed by atoms with E-state index in [9.17, 15) is 9.90 Å². The van der Waals surface area contributed by atoms with E-state index in [1.165, 1.54) is 5.56 Å². The van der Waals surface area contributed by atoms with Crippen LogP contribution in [-0.4, -0.2) is 66.8 Å². The number of anilines is 1. The largest absolute Gasteiger partial charge is 0.507 e. The molecule has 0 radical (unpaired) electrons. The first-order chi connectivity index (χ1) is 19.5. The van der Waals surface area contributed by atoms with Crippen molar-refractivity contribution in [1.29, 1.82) is 0 Å². The Balaban J connectivity index is 1.11. The highest BCUT2D eigenvalue weighted by Crippen LogP contribution is 2.40. The van der Waals surface area contributed by atoms with Crippen molar-refractivity contribution < 1.29 is 24.1 Å². The molecule has 40 heavy (non-hydrogen) atoms. The van der Waals surface area contributed by atoms with Gasteiger partial charge >= 0.3 is 0 Å². The summed E-state index contributed by atoms with van der Waals surface area (Å²) in [6.07, 6.45) is 1.78. The van der Waals surface area contributed by atoms with E-state index in [1.807, 2.05) is 18.2 Å².